The van der Waals surface area contributed by atoms with Gasteiger partial charge in [0.05, 0.1) is 24.2 Å². The minimum absolute atomic E-state index is 0.715. The van der Waals surface area contributed by atoms with Gasteiger partial charge in [-0.1, -0.05) is 18.2 Å². The number of nitrogens with zero attached hydrogens (tertiary/aromatic N) is 3. The Kier molecular flexibility index (Phi) is 3.64. The number of fused-ring (bicyclic) bond motifs is 2. The molecule has 134 valence electrons. The van der Waals surface area contributed by atoms with Crippen LogP contribution in [0.3, 0.4) is 0 Å². The van der Waals surface area contributed by atoms with Gasteiger partial charge in [0.2, 0.25) is 0 Å². The number of aromatic nitrogens is 2. The van der Waals surface area contributed by atoms with Crippen LogP contribution in [-0.4, -0.2) is 34.1 Å². The predicted molar refractivity (Wildman–Crippen MR) is 103 cm³/mol. The molecule has 2 N–H and O–H groups in total. The van der Waals surface area contributed by atoms with E-state index in [2.05, 4.69) is 16.5 Å². The molecule has 5 nitrogen and oxygen atoms in total. The van der Waals surface area contributed by atoms with Crippen molar-refractivity contribution < 1.29 is 4.74 Å². The number of imidazole rings is 1. The number of hydrogen-bond donors (Lipinski definition) is 1. The number of hydrogen-bond acceptors (Lipinski definition) is 4. The van der Waals surface area contributed by atoms with Crippen LogP contribution in [0.25, 0.3) is 11.0 Å². The van der Waals surface area contributed by atoms with Crippen molar-refractivity contribution in [3.05, 3.63) is 54.4 Å². The molecule has 2 fully saturated rings. The largest absolute Gasteiger partial charge is 0.493 e. The van der Waals surface area contributed by atoms with Gasteiger partial charge in [0.25, 0.3) is 0 Å². The molecule has 3 aromatic rings. The minimum Gasteiger partial charge on any atom is -0.493 e. The van der Waals surface area contributed by atoms with Gasteiger partial charge in [-0.05, 0) is 42.2 Å². The molecule has 0 radical (unpaired) electrons. The third kappa shape index (κ3) is 2.72. The molecule has 26 heavy (non-hydrogen) atoms. The van der Waals surface area contributed by atoms with Crippen molar-refractivity contribution in [3.8, 4) is 5.75 Å². The van der Waals surface area contributed by atoms with Crippen molar-refractivity contribution in [3.63, 3.8) is 0 Å². The second kappa shape index (κ2) is 6.02. The molecule has 0 unspecified atom stereocenters. The SMILES string of the molecule is Cn1c(CN2C[C@@H]3[C@H](COc4ccccc4)[C@@H]3C2)nc2ccc(N)cc21. The molecular formula is C21H24N4O. The molecule has 3 atom stereocenters. The average Bonchev–Trinajstić information content (AvgIpc) is 2.97. The molecule has 2 heterocycles. The summed E-state index contributed by atoms with van der Waals surface area (Å²) in [5.41, 5.74) is 8.83. The summed E-state index contributed by atoms with van der Waals surface area (Å²) in [5, 5.41) is 0. The topological polar surface area (TPSA) is 56.3 Å². The summed E-state index contributed by atoms with van der Waals surface area (Å²) in [4.78, 5) is 7.32. The van der Waals surface area contributed by atoms with E-state index in [1.807, 2.05) is 48.5 Å². The second-order valence-corrected chi connectivity index (χ2v) is 7.64. The van der Waals surface area contributed by atoms with E-state index >= 15 is 0 Å². The number of anilines is 1. The Balaban J connectivity index is 1.19. The first kappa shape index (κ1) is 15.7. The zero-order valence-corrected chi connectivity index (χ0v) is 15.0. The summed E-state index contributed by atoms with van der Waals surface area (Å²) < 4.78 is 8.12. The number of piperidine rings is 1. The van der Waals surface area contributed by atoms with Crippen LogP contribution in [0.15, 0.2) is 48.5 Å². The number of likely N-dealkylation sites (tertiary alicyclic amines) is 1. The van der Waals surface area contributed by atoms with Gasteiger partial charge in [-0.2, -0.15) is 0 Å². The first-order valence-corrected chi connectivity index (χ1v) is 9.30. The van der Waals surface area contributed by atoms with E-state index in [0.29, 0.717) is 5.92 Å². The van der Waals surface area contributed by atoms with Gasteiger partial charge in [0.15, 0.2) is 0 Å². The summed E-state index contributed by atoms with van der Waals surface area (Å²) in [5.74, 6) is 4.37. The van der Waals surface area contributed by atoms with Crippen molar-refractivity contribution in [2.24, 2.45) is 24.8 Å². The third-order valence-corrected chi connectivity index (χ3v) is 6.00. The lowest BCUT2D eigenvalue weighted by molar-refractivity contribution is 0.226. The maximum atomic E-state index is 5.94. The predicted octanol–water partition coefficient (Wildman–Crippen LogP) is 2.91. The van der Waals surface area contributed by atoms with E-state index in [-0.39, 0.29) is 0 Å². The zero-order chi connectivity index (χ0) is 17.7. The van der Waals surface area contributed by atoms with Crippen LogP contribution in [0, 0.1) is 17.8 Å². The fourth-order valence-corrected chi connectivity index (χ4v) is 4.42. The number of nitrogens with two attached hydrogens (primary N) is 1. The average molecular weight is 348 g/mol. The summed E-state index contributed by atoms with van der Waals surface area (Å²) in [7, 11) is 2.08. The number of rotatable bonds is 5. The maximum absolute atomic E-state index is 5.94. The molecule has 1 aliphatic heterocycles. The molecule has 2 aliphatic rings. The zero-order valence-electron chi connectivity index (χ0n) is 15.0. The number of nitrogen functional groups attached to an aromatic ring is 1. The summed E-state index contributed by atoms with van der Waals surface area (Å²) in [6.07, 6.45) is 0. The van der Waals surface area contributed by atoms with Gasteiger partial charge < -0.3 is 15.0 Å². The highest BCUT2D eigenvalue weighted by atomic mass is 16.5. The summed E-state index contributed by atoms with van der Waals surface area (Å²) in [6, 6.07) is 16.1. The van der Waals surface area contributed by atoms with Crippen molar-refractivity contribution in [2.45, 2.75) is 6.54 Å². The monoisotopic (exact) mass is 348 g/mol. The highest BCUT2D eigenvalue weighted by Gasteiger charge is 2.55. The van der Waals surface area contributed by atoms with Gasteiger partial charge in [0, 0.05) is 31.7 Å². The van der Waals surface area contributed by atoms with Crippen LogP contribution < -0.4 is 10.5 Å². The smallest absolute Gasteiger partial charge is 0.123 e. The van der Waals surface area contributed by atoms with E-state index in [1.54, 1.807) is 0 Å². The van der Waals surface area contributed by atoms with Crippen molar-refractivity contribution in [2.75, 3.05) is 25.4 Å². The van der Waals surface area contributed by atoms with Gasteiger partial charge >= 0.3 is 0 Å². The number of ether oxygens (including phenoxy) is 1. The maximum Gasteiger partial charge on any atom is 0.123 e. The van der Waals surface area contributed by atoms with Gasteiger partial charge in [-0.15, -0.1) is 0 Å². The standard InChI is InChI=1S/C21H24N4O/c1-24-20-9-14(22)7-8-19(20)23-21(24)12-25-10-16-17(11-25)18(16)13-26-15-5-3-2-4-6-15/h2-9,16-18H,10-13,22H2,1H3/t16-,17+,18-. The van der Waals surface area contributed by atoms with Crippen LogP contribution in [0.2, 0.25) is 0 Å². The van der Waals surface area contributed by atoms with Crippen LogP contribution in [0.5, 0.6) is 5.75 Å². The van der Waals surface area contributed by atoms with E-state index in [9.17, 15) is 0 Å². The molecule has 0 bridgehead atoms. The molecule has 2 aromatic carbocycles. The molecule has 1 aliphatic carbocycles. The lowest BCUT2D eigenvalue weighted by Gasteiger charge is -2.19. The molecule has 1 saturated heterocycles. The summed E-state index contributed by atoms with van der Waals surface area (Å²) in [6.45, 7) is 4.06. The number of aryl methyl sites for hydroxylation is 1. The highest BCUT2D eigenvalue weighted by Crippen LogP contribution is 2.52. The fourth-order valence-electron chi connectivity index (χ4n) is 4.42. The van der Waals surface area contributed by atoms with E-state index in [1.165, 1.54) is 0 Å². The highest BCUT2D eigenvalue weighted by molar-refractivity contribution is 5.79. The lowest BCUT2D eigenvalue weighted by atomic mass is 10.2. The van der Waals surface area contributed by atoms with Gasteiger partial charge in [-0.25, -0.2) is 4.98 Å². The first-order valence-electron chi connectivity index (χ1n) is 9.30. The number of benzene rings is 2. The van der Waals surface area contributed by atoms with Crippen LogP contribution in [0.4, 0.5) is 5.69 Å². The van der Waals surface area contributed by atoms with Crippen LogP contribution in [0.1, 0.15) is 5.82 Å². The summed E-state index contributed by atoms with van der Waals surface area (Å²) >= 11 is 0. The van der Waals surface area contributed by atoms with Crippen molar-refractivity contribution >= 4 is 16.7 Å². The Morgan fingerprint density at radius 3 is 2.65 bits per heavy atom. The molecule has 5 rings (SSSR count). The second-order valence-electron chi connectivity index (χ2n) is 7.64. The quantitative estimate of drug-likeness (QED) is 0.721. The number of para-hydroxylation sites is 1. The first-order chi connectivity index (χ1) is 12.7. The Morgan fingerprint density at radius 1 is 1.12 bits per heavy atom. The van der Waals surface area contributed by atoms with Crippen LogP contribution in [-0.2, 0) is 13.6 Å². The molecular weight excluding hydrogens is 324 g/mol. The van der Waals surface area contributed by atoms with Crippen molar-refractivity contribution in [1.82, 2.24) is 14.5 Å². The fraction of sp³-hybridized carbons (Fsp3) is 0.381. The van der Waals surface area contributed by atoms with E-state index in [0.717, 1.165) is 66.4 Å². The minimum atomic E-state index is 0.715. The molecule has 1 saturated carbocycles. The van der Waals surface area contributed by atoms with E-state index in [4.69, 9.17) is 15.5 Å². The Labute approximate surface area is 153 Å². The van der Waals surface area contributed by atoms with Crippen LogP contribution >= 0.6 is 0 Å². The lowest BCUT2D eigenvalue weighted by Crippen LogP contribution is -2.26. The Hall–Kier alpha value is -2.53. The van der Waals surface area contributed by atoms with Gasteiger partial charge in [0.1, 0.15) is 11.6 Å². The van der Waals surface area contributed by atoms with Gasteiger partial charge in [-0.3, -0.25) is 4.90 Å². The van der Waals surface area contributed by atoms with E-state index < -0.39 is 0 Å². The molecule has 1 aromatic heterocycles. The third-order valence-electron chi connectivity index (χ3n) is 6.00. The Morgan fingerprint density at radius 2 is 1.88 bits per heavy atom. The molecule has 0 spiro atoms. The molecule has 5 heteroatoms. The Bertz CT molecular complexity index is 924. The normalized spacial score (nSPS) is 24.7. The van der Waals surface area contributed by atoms with Crippen molar-refractivity contribution in [1.29, 1.82) is 0 Å². The molecule has 0 amide bonds.